The van der Waals surface area contributed by atoms with E-state index in [1.54, 1.807) is 42.5 Å². The van der Waals surface area contributed by atoms with E-state index >= 15 is 0 Å². The third kappa shape index (κ3) is 9.71. The van der Waals surface area contributed by atoms with Crippen LogP contribution in [0.5, 0.6) is 0 Å². The molecule has 3 aromatic carbocycles. The van der Waals surface area contributed by atoms with Gasteiger partial charge in [0.2, 0.25) is 5.91 Å². The van der Waals surface area contributed by atoms with Gasteiger partial charge in [0.1, 0.15) is 24.3 Å². The van der Waals surface area contributed by atoms with Crippen LogP contribution in [0.3, 0.4) is 0 Å². The summed E-state index contributed by atoms with van der Waals surface area (Å²) in [6.07, 6.45) is -0.0358. The summed E-state index contributed by atoms with van der Waals surface area (Å²) in [6, 6.07) is 20.6. The quantitative estimate of drug-likeness (QED) is 0.0478. The molecule has 1 heterocycles. The molecule has 9 N–H and O–H groups in total. The van der Waals surface area contributed by atoms with Gasteiger partial charge in [-0.15, -0.1) is 24.8 Å². The van der Waals surface area contributed by atoms with Gasteiger partial charge in [-0.3, -0.25) is 15.6 Å². The molecule has 244 valence electrons. The van der Waals surface area contributed by atoms with E-state index in [-0.39, 0.29) is 62.5 Å². The molecular weight excluding hydrogens is 633 g/mol. The number of rotatable bonds is 13. The number of hydrogen-bond acceptors (Lipinski definition) is 7. The average molecular weight is 671 g/mol. The first-order chi connectivity index (χ1) is 21.2. The highest BCUT2D eigenvalue weighted by Gasteiger charge is 2.24. The Morgan fingerprint density at radius 2 is 1.57 bits per heavy atom. The number of halogens is 2. The summed E-state index contributed by atoms with van der Waals surface area (Å²) in [5.74, 6) is -1.16. The van der Waals surface area contributed by atoms with Crippen LogP contribution in [0.2, 0.25) is 0 Å². The lowest BCUT2D eigenvalue weighted by Crippen LogP contribution is -2.42. The smallest absolute Gasteiger partial charge is 0.407 e. The molecule has 14 heteroatoms. The molecule has 4 aromatic rings. The van der Waals surface area contributed by atoms with E-state index in [0.717, 1.165) is 16.5 Å². The second-order valence-electron chi connectivity index (χ2n) is 10.1. The molecule has 0 spiro atoms. The Morgan fingerprint density at radius 3 is 2.20 bits per heavy atom. The first kappa shape index (κ1) is 37.1. The van der Waals surface area contributed by atoms with Crippen LogP contribution >= 0.6 is 24.8 Å². The van der Waals surface area contributed by atoms with Gasteiger partial charge in [-0.05, 0) is 35.6 Å². The SMILES string of the molecule is COC(=O)C(CCCNC(=O)OCc1ccccc1)NC(=O)Cc1c(-c2ccc(C(=N)N)cc2)[nH]c2cc(C(=N)N)ccc12.Cl.Cl. The van der Waals surface area contributed by atoms with Gasteiger partial charge >= 0.3 is 12.1 Å². The van der Waals surface area contributed by atoms with E-state index in [0.29, 0.717) is 34.3 Å². The van der Waals surface area contributed by atoms with Crippen LogP contribution in [0.4, 0.5) is 4.79 Å². The van der Waals surface area contributed by atoms with Crippen molar-refractivity contribution in [2.75, 3.05) is 13.7 Å². The molecule has 0 saturated heterocycles. The van der Waals surface area contributed by atoms with Gasteiger partial charge in [0.05, 0.1) is 19.2 Å². The second-order valence-corrected chi connectivity index (χ2v) is 10.1. The van der Waals surface area contributed by atoms with Crippen LogP contribution in [0, 0.1) is 10.8 Å². The zero-order valence-electron chi connectivity index (χ0n) is 25.1. The number of carbonyl (C=O) groups excluding carboxylic acids is 3. The Kier molecular flexibility index (Phi) is 14.1. The third-order valence-electron chi connectivity index (χ3n) is 7.01. The fraction of sp³-hybridized carbons (Fsp3) is 0.219. The number of aromatic amines is 1. The van der Waals surface area contributed by atoms with Gasteiger partial charge in [-0.25, -0.2) is 9.59 Å². The maximum absolute atomic E-state index is 13.3. The standard InChI is InChI=1S/C32H35N7O5.2ClH/c1-43-31(41)25(8-5-15-37-32(42)44-18-19-6-3-2-4-7-19)38-27(40)17-24-23-14-13-22(30(35)36)16-26(23)39-28(24)20-9-11-21(12-10-20)29(33)34;;/h2-4,6-7,9-14,16,25,39H,5,8,15,17-18H2,1H3,(H3,33,34)(H3,35,36)(H,37,42)(H,38,40);2*1H. The summed E-state index contributed by atoms with van der Waals surface area (Å²) in [7, 11) is 1.25. The van der Waals surface area contributed by atoms with Crippen molar-refractivity contribution in [3.8, 4) is 11.3 Å². The Morgan fingerprint density at radius 1 is 0.913 bits per heavy atom. The molecule has 46 heavy (non-hydrogen) atoms. The number of aromatic nitrogens is 1. The van der Waals surface area contributed by atoms with E-state index in [2.05, 4.69) is 15.6 Å². The number of esters is 1. The largest absolute Gasteiger partial charge is 0.467 e. The first-order valence-corrected chi connectivity index (χ1v) is 13.9. The molecule has 0 aliphatic carbocycles. The summed E-state index contributed by atoms with van der Waals surface area (Å²) < 4.78 is 10.1. The number of methoxy groups -OCH3 is 1. The van der Waals surface area contributed by atoms with Crippen molar-refractivity contribution in [1.82, 2.24) is 15.6 Å². The maximum Gasteiger partial charge on any atom is 0.407 e. The fourth-order valence-electron chi connectivity index (χ4n) is 4.74. The van der Waals surface area contributed by atoms with Gasteiger partial charge in [0.25, 0.3) is 0 Å². The minimum absolute atomic E-state index is 0. The van der Waals surface area contributed by atoms with E-state index in [1.165, 1.54) is 7.11 Å². The van der Waals surface area contributed by atoms with E-state index in [4.69, 9.17) is 31.8 Å². The van der Waals surface area contributed by atoms with Crippen molar-refractivity contribution in [1.29, 1.82) is 10.8 Å². The molecule has 0 fully saturated rings. The van der Waals surface area contributed by atoms with Crippen LogP contribution in [0.15, 0.2) is 72.8 Å². The molecule has 0 bridgehead atoms. The Bertz CT molecular complexity index is 1680. The van der Waals surface area contributed by atoms with E-state index in [9.17, 15) is 14.4 Å². The molecule has 0 aliphatic rings. The zero-order valence-corrected chi connectivity index (χ0v) is 26.7. The molecule has 0 aliphatic heterocycles. The summed E-state index contributed by atoms with van der Waals surface area (Å²) in [5, 5.41) is 21.6. The number of carbonyl (C=O) groups is 3. The number of amidine groups is 2. The van der Waals surface area contributed by atoms with Gasteiger partial charge in [0, 0.05) is 28.6 Å². The molecule has 0 saturated carbocycles. The van der Waals surface area contributed by atoms with Crippen molar-refractivity contribution in [3.63, 3.8) is 0 Å². The fourth-order valence-corrected chi connectivity index (χ4v) is 4.74. The zero-order chi connectivity index (χ0) is 31.6. The number of ether oxygens (including phenoxy) is 2. The van der Waals surface area contributed by atoms with Crippen LogP contribution < -0.4 is 22.1 Å². The van der Waals surface area contributed by atoms with Crippen molar-refractivity contribution in [2.45, 2.75) is 31.9 Å². The van der Waals surface area contributed by atoms with Gasteiger partial charge in [-0.1, -0.05) is 66.7 Å². The highest BCUT2D eigenvalue weighted by atomic mass is 35.5. The van der Waals surface area contributed by atoms with Crippen LogP contribution in [0.25, 0.3) is 22.2 Å². The van der Waals surface area contributed by atoms with Gasteiger partial charge < -0.3 is 36.6 Å². The highest BCUT2D eigenvalue weighted by Crippen LogP contribution is 2.32. The Hall–Kier alpha value is -5.07. The number of nitrogen functional groups attached to an aromatic ring is 2. The van der Waals surface area contributed by atoms with Crippen LogP contribution in [-0.4, -0.2) is 54.3 Å². The summed E-state index contributed by atoms with van der Waals surface area (Å²) in [4.78, 5) is 41.2. The number of nitrogens with two attached hydrogens (primary N) is 2. The normalized spacial score (nSPS) is 10.9. The lowest BCUT2D eigenvalue weighted by atomic mass is 10.00. The van der Waals surface area contributed by atoms with Crippen molar-refractivity contribution in [3.05, 3.63) is 95.1 Å². The second kappa shape index (κ2) is 17.4. The van der Waals surface area contributed by atoms with Crippen LogP contribution in [-0.2, 0) is 32.1 Å². The number of fused-ring (bicyclic) bond motifs is 1. The lowest BCUT2D eigenvalue weighted by Gasteiger charge is -2.17. The predicted molar refractivity (Wildman–Crippen MR) is 182 cm³/mol. The maximum atomic E-state index is 13.3. The Balaban J connectivity index is 0.00000368. The monoisotopic (exact) mass is 669 g/mol. The molecule has 1 unspecified atom stereocenters. The number of H-pyrrole nitrogens is 1. The molecule has 4 rings (SSSR count). The number of nitrogens with one attached hydrogen (secondary N) is 5. The van der Waals surface area contributed by atoms with Crippen molar-refractivity contribution < 1.29 is 23.9 Å². The first-order valence-electron chi connectivity index (χ1n) is 13.9. The average Bonchev–Trinajstić information content (AvgIpc) is 3.38. The summed E-state index contributed by atoms with van der Waals surface area (Å²) in [5.41, 5.74) is 16.0. The van der Waals surface area contributed by atoms with E-state index in [1.807, 2.05) is 30.3 Å². The number of amides is 2. The van der Waals surface area contributed by atoms with Gasteiger partial charge in [-0.2, -0.15) is 0 Å². The predicted octanol–water partition coefficient (Wildman–Crippen LogP) is 4.15. The number of benzene rings is 3. The molecule has 1 aromatic heterocycles. The highest BCUT2D eigenvalue weighted by molar-refractivity contribution is 6.02. The minimum Gasteiger partial charge on any atom is -0.467 e. The number of alkyl carbamates (subject to hydrolysis) is 1. The summed E-state index contributed by atoms with van der Waals surface area (Å²) >= 11 is 0. The Labute approximate surface area is 278 Å². The number of hydrogen-bond donors (Lipinski definition) is 7. The molecule has 1 atom stereocenters. The van der Waals surface area contributed by atoms with E-state index < -0.39 is 24.0 Å². The third-order valence-corrected chi connectivity index (χ3v) is 7.01. The molecule has 12 nitrogen and oxygen atoms in total. The summed E-state index contributed by atoms with van der Waals surface area (Å²) in [6.45, 7) is 0.374. The van der Waals surface area contributed by atoms with Crippen LogP contribution in [0.1, 0.15) is 35.1 Å². The molecule has 0 radical (unpaired) electrons. The van der Waals surface area contributed by atoms with Gasteiger partial charge in [0.15, 0.2) is 0 Å². The minimum atomic E-state index is -0.928. The molecule has 2 amide bonds. The topological polar surface area (TPSA) is 209 Å². The lowest BCUT2D eigenvalue weighted by molar-refractivity contribution is -0.145. The van der Waals surface area contributed by atoms with Crippen molar-refractivity contribution in [2.24, 2.45) is 11.5 Å². The van der Waals surface area contributed by atoms with Crippen molar-refractivity contribution >= 4 is 65.4 Å². The molecular formula is C32H37Cl2N7O5.